The minimum Gasteiger partial charge on any atom is -0.490 e. The predicted octanol–water partition coefficient (Wildman–Crippen LogP) is 5.41. The van der Waals surface area contributed by atoms with E-state index >= 15 is 0 Å². The summed E-state index contributed by atoms with van der Waals surface area (Å²) in [6.45, 7) is 5.01. The van der Waals surface area contributed by atoms with Crippen molar-refractivity contribution in [1.82, 2.24) is 20.1 Å². The van der Waals surface area contributed by atoms with Crippen molar-refractivity contribution < 1.29 is 17.9 Å². The summed E-state index contributed by atoms with van der Waals surface area (Å²) in [6.07, 6.45) is 6.16. The average Bonchev–Trinajstić information content (AvgIpc) is 3.63. The molecule has 1 aromatic carbocycles. The van der Waals surface area contributed by atoms with Crippen LogP contribution in [0.3, 0.4) is 0 Å². The molecule has 0 unspecified atom stereocenters. The second kappa shape index (κ2) is 12.3. The van der Waals surface area contributed by atoms with Crippen LogP contribution in [0.5, 0.6) is 5.75 Å². The number of ether oxygens (including phenoxy) is 1. The monoisotopic (exact) mass is 608 g/mol. The van der Waals surface area contributed by atoms with Gasteiger partial charge < -0.3 is 19.4 Å². The van der Waals surface area contributed by atoms with Crippen molar-refractivity contribution in [1.29, 1.82) is 0 Å². The third kappa shape index (κ3) is 6.29. The van der Waals surface area contributed by atoms with Crippen LogP contribution in [0.2, 0.25) is 0 Å². The van der Waals surface area contributed by atoms with Crippen LogP contribution >= 0.6 is 15.9 Å². The van der Waals surface area contributed by atoms with Gasteiger partial charge in [0.05, 0.1) is 10.9 Å². The van der Waals surface area contributed by atoms with Crippen LogP contribution in [-0.2, 0) is 6.42 Å². The van der Waals surface area contributed by atoms with Crippen LogP contribution in [0.4, 0.5) is 24.7 Å². The lowest BCUT2D eigenvalue weighted by molar-refractivity contribution is 0.0351. The van der Waals surface area contributed by atoms with Gasteiger partial charge in [0, 0.05) is 44.1 Å². The number of rotatable bonds is 11. The van der Waals surface area contributed by atoms with Crippen molar-refractivity contribution in [3.63, 3.8) is 0 Å². The molecule has 0 amide bonds. The number of aromatic amines is 1. The fourth-order valence-corrected chi connectivity index (χ4v) is 6.00. The van der Waals surface area contributed by atoms with Gasteiger partial charge in [-0.3, -0.25) is 5.10 Å². The minimum atomic E-state index is -2.62. The van der Waals surface area contributed by atoms with Gasteiger partial charge in [-0.1, -0.05) is 0 Å². The van der Waals surface area contributed by atoms with Gasteiger partial charge in [0.15, 0.2) is 0 Å². The molecule has 11 heteroatoms. The average molecular weight is 610 g/mol. The largest absolute Gasteiger partial charge is 0.490 e. The number of pyridine rings is 1. The summed E-state index contributed by atoms with van der Waals surface area (Å²) in [4.78, 5) is 11.7. The van der Waals surface area contributed by atoms with E-state index in [0.29, 0.717) is 5.75 Å². The van der Waals surface area contributed by atoms with Crippen LogP contribution in [0.1, 0.15) is 30.4 Å². The molecule has 2 aromatic heterocycles. The molecule has 2 saturated heterocycles. The van der Waals surface area contributed by atoms with Crippen LogP contribution in [0.15, 0.2) is 29.0 Å². The lowest BCUT2D eigenvalue weighted by atomic mass is 10.00. The van der Waals surface area contributed by atoms with E-state index in [-0.39, 0.29) is 0 Å². The first-order valence-electron chi connectivity index (χ1n) is 13.7. The molecule has 2 aliphatic heterocycles. The fourth-order valence-electron chi connectivity index (χ4n) is 5.53. The highest BCUT2D eigenvalue weighted by atomic mass is 79.9. The molecule has 0 bridgehead atoms. The van der Waals surface area contributed by atoms with Crippen LogP contribution in [0, 0.1) is 6.92 Å². The third-order valence-corrected chi connectivity index (χ3v) is 8.45. The number of anilines is 2. The second-order valence-corrected chi connectivity index (χ2v) is 11.4. The molecule has 0 spiro atoms. The maximum absolute atomic E-state index is 14.4. The first kappa shape index (κ1) is 28.0. The Hall–Kier alpha value is -2.53. The maximum atomic E-state index is 14.4. The van der Waals surface area contributed by atoms with E-state index < -0.39 is 25.6 Å². The SMILES string of the molecule is Cc1c(CCCN2CCCC2)cc(OCC(F)(CF)CF)cc1N1CCN(c2nccc3n[nH]c(Br)c23)CC1. The Kier molecular flexibility index (Phi) is 8.86. The van der Waals surface area contributed by atoms with Crippen molar-refractivity contribution >= 4 is 38.3 Å². The molecule has 212 valence electrons. The quantitative estimate of drug-likeness (QED) is 0.314. The molecule has 3 aromatic rings. The van der Waals surface area contributed by atoms with Crippen molar-refractivity contribution in [2.45, 2.75) is 38.3 Å². The molecule has 0 radical (unpaired) electrons. The second-order valence-electron chi connectivity index (χ2n) is 10.6. The maximum Gasteiger partial charge on any atom is 0.200 e. The normalized spacial score (nSPS) is 16.9. The smallest absolute Gasteiger partial charge is 0.200 e. The summed E-state index contributed by atoms with van der Waals surface area (Å²) in [5.74, 6) is 1.34. The van der Waals surface area contributed by atoms with Crippen LogP contribution < -0.4 is 14.5 Å². The van der Waals surface area contributed by atoms with Crippen LogP contribution in [-0.4, -0.2) is 91.5 Å². The molecule has 0 atom stereocenters. The van der Waals surface area contributed by atoms with Crippen molar-refractivity contribution in [3.8, 4) is 5.75 Å². The minimum absolute atomic E-state index is 0.451. The van der Waals surface area contributed by atoms with Crippen molar-refractivity contribution in [2.24, 2.45) is 0 Å². The molecule has 39 heavy (non-hydrogen) atoms. The molecule has 7 nitrogen and oxygen atoms in total. The van der Waals surface area contributed by atoms with Gasteiger partial charge in [0.25, 0.3) is 0 Å². The summed E-state index contributed by atoms with van der Waals surface area (Å²) in [7, 11) is 0. The number of aryl methyl sites for hydroxylation is 1. The number of H-pyrrole nitrogens is 1. The zero-order valence-electron chi connectivity index (χ0n) is 22.4. The Labute approximate surface area is 235 Å². The molecular weight excluding hydrogens is 573 g/mol. The van der Waals surface area contributed by atoms with Gasteiger partial charge in [0.1, 0.15) is 36.1 Å². The Balaban J connectivity index is 1.33. The molecule has 5 rings (SSSR count). The number of nitrogens with one attached hydrogen (secondary N) is 1. The number of hydrogen-bond donors (Lipinski definition) is 1. The first-order valence-corrected chi connectivity index (χ1v) is 14.5. The van der Waals surface area contributed by atoms with E-state index in [9.17, 15) is 13.2 Å². The Morgan fingerprint density at radius 3 is 2.49 bits per heavy atom. The van der Waals surface area contributed by atoms with Crippen molar-refractivity contribution in [2.75, 3.05) is 75.6 Å². The number of halogens is 4. The number of hydrogen-bond acceptors (Lipinski definition) is 6. The molecular formula is C28H36BrF3N6O. The summed E-state index contributed by atoms with van der Waals surface area (Å²) in [6, 6.07) is 5.68. The number of fused-ring (bicyclic) bond motifs is 1. The molecule has 1 N–H and O–H groups in total. The Morgan fingerprint density at radius 1 is 1.05 bits per heavy atom. The Morgan fingerprint density at radius 2 is 1.77 bits per heavy atom. The first-order chi connectivity index (χ1) is 18.9. The third-order valence-electron chi connectivity index (χ3n) is 7.88. The van der Waals surface area contributed by atoms with Crippen LogP contribution in [0.25, 0.3) is 10.9 Å². The van der Waals surface area contributed by atoms with E-state index in [4.69, 9.17) is 4.74 Å². The van der Waals surface area contributed by atoms with Gasteiger partial charge in [0.2, 0.25) is 5.67 Å². The molecule has 2 fully saturated rings. The lowest BCUT2D eigenvalue weighted by Crippen LogP contribution is -2.47. The zero-order chi connectivity index (χ0) is 27.4. The van der Waals surface area contributed by atoms with Gasteiger partial charge >= 0.3 is 0 Å². The van der Waals surface area contributed by atoms with Gasteiger partial charge in [-0.05, 0) is 91.4 Å². The number of nitrogens with zero attached hydrogens (tertiary/aromatic N) is 5. The lowest BCUT2D eigenvalue weighted by Gasteiger charge is -2.38. The highest BCUT2D eigenvalue weighted by Gasteiger charge is 2.32. The number of likely N-dealkylation sites (tertiary alicyclic amines) is 1. The van der Waals surface area contributed by atoms with Gasteiger partial charge in [-0.15, -0.1) is 0 Å². The van der Waals surface area contributed by atoms with E-state index in [1.165, 1.54) is 12.8 Å². The predicted molar refractivity (Wildman–Crippen MR) is 152 cm³/mol. The highest BCUT2D eigenvalue weighted by Crippen LogP contribution is 2.34. The highest BCUT2D eigenvalue weighted by molar-refractivity contribution is 9.10. The van der Waals surface area contributed by atoms with E-state index in [0.717, 1.165) is 96.8 Å². The van der Waals surface area contributed by atoms with E-state index in [2.05, 4.69) is 52.7 Å². The van der Waals surface area contributed by atoms with E-state index in [1.807, 2.05) is 18.2 Å². The summed E-state index contributed by atoms with van der Waals surface area (Å²) in [5, 5.41) is 8.27. The number of benzene rings is 1. The number of aromatic nitrogens is 3. The molecule has 2 aliphatic rings. The van der Waals surface area contributed by atoms with E-state index in [1.54, 1.807) is 6.20 Å². The molecule has 0 saturated carbocycles. The molecule has 0 aliphatic carbocycles. The van der Waals surface area contributed by atoms with Crippen molar-refractivity contribution in [3.05, 3.63) is 40.1 Å². The summed E-state index contributed by atoms with van der Waals surface area (Å²) >= 11 is 3.55. The van der Waals surface area contributed by atoms with Gasteiger partial charge in [-0.25, -0.2) is 18.2 Å². The molecule has 4 heterocycles. The zero-order valence-corrected chi connectivity index (χ0v) is 24.0. The Bertz CT molecular complexity index is 1260. The standard InChI is InChI=1S/C28H36BrF3N6O/c1-20-21(5-4-10-36-8-2-3-9-36)15-22(39-19-28(32,17-30)18-31)16-24(20)37-11-13-38(14-12-37)27-25-23(6-7-33-27)34-35-26(25)29/h6-7,15-16H,2-5,8-14,17-19H2,1H3,(H,34,35). The fraction of sp³-hybridized carbons (Fsp3) is 0.571. The number of piperazine rings is 1. The number of alkyl halides is 3. The summed E-state index contributed by atoms with van der Waals surface area (Å²) in [5.41, 5.74) is 1.55. The summed E-state index contributed by atoms with van der Waals surface area (Å²) < 4.78 is 47.1. The topological polar surface area (TPSA) is 60.5 Å². The van der Waals surface area contributed by atoms with Gasteiger partial charge in [-0.2, -0.15) is 5.10 Å².